The minimum atomic E-state index is -0.0445. The van der Waals surface area contributed by atoms with E-state index in [0.717, 1.165) is 30.0 Å². The number of hydrogen-bond donors (Lipinski definition) is 2. The van der Waals surface area contributed by atoms with Gasteiger partial charge in [0.15, 0.2) is 0 Å². The lowest BCUT2D eigenvalue weighted by Gasteiger charge is -2.46. The highest BCUT2D eigenvalue weighted by Crippen LogP contribution is 2.33. The van der Waals surface area contributed by atoms with Crippen molar-refractivity contribution in [1.82, 2.24) is 5.32 Å². The molecule has 1 amide bonds. The van der Waals surface area contributed by atoms with Gasteiger partial charge in [0.25, 0.3) is 0 Å². The molecule has 3 rings (SSSR count). The second-order valence-corrected chi connectivity index (χ2v) is 8.43. The lowest BCUT2D eigenvalue weighted by Crippen LogP contribution is -2.59. The van der Waals surface area contributed by atoms with Crippen LogP contribution < -0.4 is 15.4 Å². The molecule has 0 saturated carbocycles. The summed E-state index contributed by atoms with van der Waals surface area (Å²) >= 11 is 0. The summed E-state index contributed by atoms with van der Waals surface area (Å²) in [6.07, 6.45) is 1.66. The van der Waals surface area contributed by atoms with E-state index in [1.165, 1.54) is 0 Å². The fourth-order valence-corrected chi connectivity index (χ4v) is 3.98. The number of nitrogens with one attached hydrogen (secondary N) is 2. The summed E-state index contributed by atoms with van der Waals surface area (Å²) in [5.74, 6) is 1.63. The van der Waals surface area contributed by atoms with Gasteiger partial charge in [-0.05, 0) is 76.9 Å². The van der Waals surface area contributed by atoms with Crippen molar-refractivity contribution in [1.29, 1.82) is 0 Å². The van der Waals surface area contributed by atoms with Crippen molar-refractivity contribution in [3.63, 3.8) is 0 Å². The molecule has 1 fully saturated rings. The monoisotopic (exact) mass is 352 g/mol. The van der Waals surface area contributed by atoms with Crippen molar-refractivity contribution in [2.75, 3.05) is 5.32 Å². The Morgan fingerprint density at radius 2 is 1.46 bits per heavy atom. The number of para-hydroxylation sites is 1. The quantitative estimate of drug-likeness (QED) is 0.816. The average molecular weight is 352 g/mol. The molecule has 1 saturated heterocycles. The van der Waals surface area contributed by atoms with Crippen LogP contribution in [0, 0.1) is 5.92 Å². The molecule has 0 radical (unpaired) electrons. The summed E-state index contributed by atoms with van der Waals surface area (Å²) < 4.78 is 5.79. The second kappa shape index (κ2) is 7.12. The molecule has 0 bridgehead atoms. The molecule has 2 N–H and O–H groups in total. The number of benzene rings is 2. The smallest absolute Gasteiger partial charge is 0.227 e. The predicted octanol–water partition coefficient (Wildman–Crippen LogP) is 4.97. The number of anilines is 1. The van der Waals surface area contributed by atoms with Gasteiger partial charge in [-0.2, -0.15) is 0 Å². The topological polar surface area (TPSA) is 50.4 Å². The molecule has 0 aromatic heterocycles. The molecule has 26 heavy (non-hydrogen) atoms. The molecule has 1 heterocycles. The van der Waals surface area contributed by atoms with Gasteiger partial charge in [0.1, 0.15) is 11.5 Å². The number of piperidine rings is 1. The van der Waals surface area contributed by atoms with E-state index in [1.54, 1.807) is 0 Å². The summed E-state index contributed by atoms with van der Waals surface area (Å²) in [7, 11) is 0. The first-order valence-corrected chi connectivity index (χ1v) is 9.16. The third kappa shape index (κ3) is 4.85. The zero-order valence-electron chi connectivity index (χ0n) is 16.0. The van der Waals surface area contributed by atoms with Crippen LogP contribution in [0.15, 0.2) is 54.6 Å². The van der Waals surface area contributed by atoms with Gasteiger partial charge in [-0.1, -0.05) is 18.2 Å². The van der Waals surface area contributed by atoms with Gasteiger partial charge in [-0.15, -0.1) is 0 Å². The molecule has 0 atom stereocenters. The number of amides is 1. The maximum atomic E-state index is 12.7. The SMILES string of the molecule is CC1(C)CC(C(=O)Nc2ccc(Oc3ccccc3)cc2)CC(C)(C)N1. The lowest BCUT2D eigenvalue weighted by molar-refractivity contribution is -0.122. The molecule has 2 aromatic carbocycles. The lowest BCUT2D eigenvalue weighted by atomic mass is 9.75. The van der Waals surface area contributed by atoms with E-state index in [-0.39, 0.29) is 22.9 Å². The van der Waals surface area contributed by atoms with Crippen LogP contribution in [0.4, 0.5) is 5.69 Å². The minimum absolute atomic E-state index is 0.00138. The Hall–Kier alpha value is -2.33. The number of carbonyl (C=O) groups excluding carboxylic acids is 1. The van der Waals surface area contributed by atoms with Crippen molar-refractivity contribution >= 4 is 11.6 Å². The van der Waals surface area contributed by atoms with Crippen LogP contribution in [-0.2, 0) is 4.79 Å². The number of carbonyl (C=O) groups is 1. The first kappa shape index (κ1) is 18.5. The van der Waals surface area contributed by atoms with Gasteiger partial charge in [0.05, 0.1) is 0 Å². The Kier molecular flexibility index (Phi) is 5.05. The van der Waals surface area contributed by atoms with Gasteiger partial charge in [-0.25, -0.2) is 0 Å². The Morgan fingerprint density at radius 3 is 2.04 bits per heavy atom. The molecule has 0 unspecified atom stereocenters. The first-order chi connectivity index (χ1) is 12.2. The van der Waals surface area contributed by atoms with Gasteiger partial charge in [-0.3, -0.25) is 4.79 Å². The molecule has 138 valence electrons. The zero-order chi connectivity index (χ0) is 18.8. The number of rotatable bonds is 4. The van der Waals surface area contributed by atoms with Gasteiger partial charge in [0, 0.05) is 22.7 Å². The van der Waals surface area contributed by atoms with E-state index in [9.17, 15) is 4.79 Å². The highest BCUT2D eigenvalue weighted by Gasteiger charge is 2.40. The number of hydrogen-bond acceptors (Lipinski definition) is 3. The molecule has 1 aliphatic heterocycles. The Bertz CT molecular complexity index is 735. The van der Waals surface area contributed by atoms with Crippen LogP contribution in [0.25, 0.3) is 0 Å². The fraction of sp³-hybridized carbons (Fsp3) is 0.409. The van der Waals surface area contributed by atoms with Crippen LogP contribution in [-0.4, -0.2) is 17.0 Å². The molecule has 4 nitrogen and oxygen atoms in total. The summed E-state index contributed by atoms with van der Waals surface area (Å²) in [5, 5.41) is 6.67. The molecular weight excluding hydrogens is 324 g/mol. The third-order valence-corrected chi connectivity index (χ3v) is 4.66. The molecule has 0 spiro atoms. The second-order valence-electron chi connectivity index (χ2n) is 8.43. The van der Waals surface area contributed by atoms with Gasteiger partial charge >= 0.3 is 0 Å². The van der Waals surface area contributed by atoms with Crippen LogP contribution in [0.5, 0.6) is 11.5 Å². The normalized spacial score (nSPS) is 18.9. The summed E-state index contributed by atoms with van der Waals surface area (Å²) in [5.41, 5.74) is 0.707. The van der Waals surface area contributed by atoms with Crippen molar-refractivity contribution in [2.45, 2.75) is 51.6 Å². The molecule has 1 aliphatic rings. The standard InChI is InChI=1S/C22H28N2O2/c1-21(2)14-16(15-22(3,4)24-21)20(25)23-17-10-12-19(13-11-17)26-18-8-6-5-7-9-18/h5-13,16,24H,14-15H2,1-4H3,(H,23,25). The van der Waals surface area contributed by atoms with E-state index in [0.29, 0.717) is 0 Å². The van der Waals surface area contributed by atoms with E-state index in [4.69, 9.17) is 4.74 Å². The van der Waals surface area contributed by atoms with E-state index >= 15 is 0 Å². The molecule has 4 heteroatoms. The first-order valence-electron chi connectivity index (χ1n) is 9.16. The largest absolute Gasteiger partial charge is 0.457 e. The van der Waals surface area contributed by atoms with Crippen molar-refractivity contribution < 1.29 is 9.53 Å². The van der Waals surface area contributed by atoms with Gasteiger partial charge < -0.3 is 15.4 Å². The summed E-state index contributed by atoms with van der Waals surface area (Å²) in [4.78, 5) is 12.7. The Morgan fingerprint density at radius 1 is 0.923 bits per heavy atom. The van der Waals surface area contributed by atoms with E-state index in [1.807, 2.05) is 54.6 Å². The third-order valence-electron chi connectivity index (χ3n) is 4.66. The van der Waals surface area contributed by atoms with Crippen molar-refractivity contribution in [3.05, 3.63) is 54.6 Å². The highest BCUT2D eigenvalue weighted by molar-refractivity contribution is 5.92. The van der Waals surface area contributed by atoms with Crippen LogP contribution in [0.1, 0.15) is 40.5 Å². The molecule has 0 aliphatic carbocycles. The Labute approximate surface area is 156 Å². The molecule has 2 aromatic rings. The maximum Gasteiger partial charge on any atom is 0.227 e. The van der Waals surface area contributed by atoms with E-state index < -0.39 is 0 Å². The Balaban J connectivity index is 1.62. The van der Waals surface area contributed by atoms with Crippen molar-refractivity contribution in [3.8, 4) is 11.5 Å². The maximum absolute atomic E-state index is 12.7. The van der Waals surface area contributed by atoms with Crippen LogP contribution in [0.2, 0.25) is 0 Å². The van der Waals surface area contributed by atoms with Crippen molar-refractivity contribution in [2.24, 2.45) is 5.92 Å². The van der Waals surface area contributed by atoms with Crippen LogP contribution >= 0.6 is 0 Å². The summed E-state index contributed by atoms with van der Waals surface area (Å²) in [6.45, 7) is 8.63. The fourth-order valence-electron chi connectivity index (χ4n) is 3.98. The highest BCUT2D eigenvalue weighted by atomic mass is 16.5. The summed E-state index contributed by atoms with van der Waals surface area (Å²) in [6, 6.07) is 17.2. The average Bonchev–Trinajstić information content (AvgIpc) is 2.55. The van der Waals surface area contributed by atoms with Crippen LogP contribution in [0.3, 0.4) is 0 Å². The van der Waals surface area contributed by atoms with Gasteiger partial charge in [0.2, 0.25) is 5.91 Å². The minimum Gasteiger partial charge on any atom is -0.457 e. The number of ether oxygens (including phenoxy) is 1. The zero-order valence-corrected chi connectivity index (χ0v) is 16.0. The van der Waals surface area contributed by atoms with E-state index in [2.05, 4.69) is 38.3 Å². The predicted molar refractivity (Wildman–Crippen MR) is 106 cm³/mol. The molecular formula is C22H28N2O2.